The molecule has 0 fully saturated rings. The lowest BCUT2D eigenvalue weighted by molar-refractivity contribution is -0.121. The average Bonchev–Trinajstić information content (AvgIpc) is 2.95. The number of amides is 1. The van der Waals surface area contributed by atoms with Crippen molar-refractivity contribution < 1.29 is 4.79 Å². The lowest BCUT2D eigenvalue weighted by Crippen LogP contribution is -2.34. The molecule has 0 aliphatic heterocycles. The summed E-state index contributed by atoms with van der Waals surface area (Å²) < 4.78 is 2.60. The van der Waals surface area contributed by atoms with Gasteiger partial charge in [-0.1, -0.05) is 24.3 Å². The van der Waals surface area contributed by atoms with Crippen LogP contribution in [0.25, 0.3) is 5.65 Å². The highest BCUT2D eigenvalue weighted by Gasteiger charge is 2.10. The summed E-state index contributed by atoms with van der Waals surface area (Å²) in [5.74, 6) is -0.215. The van der Waals surface area contributed by atoms with Gasteiger partial charge in [-0.3, -0.25) is 9.20 Å². The number of carbonyl (C=O) groups excluding carboxylic acids is 1. The topological polar surface area (TPSA) is 71.6 Å². The molecule has 1 aromatic carbocycles. The van der Waals surface area contributed by atoms with Crippen molar-refractivity contribution in [2.75, 3.05) is 25.0 Å². The van der Waals surface area contributed by atoms with Crippen LogP contribution in [0, 0.1) is 0 Å². The van der Waals surface area contributed by atoms with Crippen molar-refractivity contribution in [1.29, 1.82) is 0 Å². The molecule has 130 valence electrons. The number of nitrogens with zero attached hydrogens (tertiary/aromatic N) is 4. The summed E-state index contributed by atoms with van der Waals surface area (Å²) in [4.78, 5) is 26.3. The Kier molecular flexibility index (Phi) is 5.13. The standard InChI is InChI=1S/C18H21N5O2/c1-21(15-8-3-2-4-9-15)12-7-11-19-17(24)14-23-18(25)22-13-6-5-10-16(22)20-23/h2-6,8-10,13H,7,11-12,14H2,1H3,(H,19,24). The van der Waals surface area contributed by atoms with Crippen LogP contribution < -0.4 is 15.9 Å². The lowest BCUT2D eigenvalue weighted by Gasteiger charge is -2.19. The fourth-order valence-corrected chi connectivity index (χ4v) is 2.62. The largest absolute Gasteiger partial charge is 0.375 e. The van der Waals surface area contributed by atoms with E-state index in [-0.39, 0.29) is 18.1 Å². The Morgan fingerprint density at radius 1 is 1.16 bits per heavy atom. The summed E-state index contributed by atoms with van der Waals surface area (Å²) >= 11 is 0. The Morgan fingerprint density at radius 3 is 2.68 bits per heavy atom. The third-order valence-corrected chi connectivity index (χ3v) is 3.97. The van der Waals surface area contributed by atoms with Crippen molar-refractivity contribution in [3.8, 4) is 0 Å². The number of rotatable bonds is 7. The molecule has 1 N–H and O–H groups in total. The summed E-state index contributed by atoms with van der Waals surface area (Å²) in [6, 6.07) is 15.4. The van der Waals surface area contributed by atoms with Crippen molar-refractivity contribution in [2.24, 2.45) is 0 Å². The number of nitrogens with one attached hydrogen (secondary N) is 1. The first-order chi connectivity index (χ1) is 12.1. The molecule has 2 heterocycles. The number of benzene rings is 1. The summed E-state index contributed by atoms with van der Waals surface area (Å²) in [5, 5.41) is 6.98. The molecule has 3 rings (SSSR count). The lowest BCUT2D eigenvalue weighted by atomic mass is 10.3. The first-order valence-corrected chi connectivity index (χ1v) is 8.22. The number of anilines is 1. The Labute approximate surface area is 145 Å². The second-order valence-electron chi connectivity index (χ2n) is 5.83. The Morgan fingerprint density at radius 2 is 1.92 bits per heavy atom. The minimum absolute atomic E-state index is 0.0744. The van der Waals surface area contributed by atoms with E-state index < -0.39 is 0 Å². The molecule has 0 radical (unpaired) electrons. The Hall–Kier alpha value is -3.09. The molecule has 0 atom stereocenters. The van der Waals surface area contributed by atoms with Crippen molar-refractivity contribution >= 4 is 17.2 Å². The first kappa shape index (κ1) is 16.8. The first-order valence-electron chi connectivity index (χ1n) is 8.22. The summed E-state index contributed by atoms with van der Waals surface area (Å²) in [5.41, 5.74) is 1.37. The van der Waals surface area contributed by atoms with Gasteiger partial charge in [-0.25, -0.2) is 9.48 Å². The molecular weight excluding hydrogens is 318 g/mol. The second-order valence-corrected chi connectivity index (χ2v) is 5.83. The highest BCUT2D eigenvalue weighted by Crippen LogP contribution is 2.10. The number of aromatic nitrogens is 3. The number of carbonyl (C=O) groups is 1. The Bertz CT molecular complexity index is 900. The van der Waals surface area contributed by atoms with Gasteiger partial charge in [-0.2, -0.15) is 0 Å². The zero-order valence-corrected chi connectivity index (χ0v) is 14.1. The number of pyridine rings is 1. The minimum Gasteiger partial charge on any atom is -0.375 e. The molecular formula is C18H21N5O2. The quantitative estimate of drug-likeness (QED) is 0.655. The monoisotopic (exact) mass is 339 g/mol. The van der Waals surface area contributed by atoms with Crippen LogP contribution in [0.2, 0.25) is 0 Å². The van der Waals surface area contributed by atoms with Crippen LogP contribution in [-0.4, -0.2) is 40.2 Å². The minimum atomic E-state index is -0.311. The second kappa shape index (κ2) is 7.65. The van der Waals surface area contributed by atoms with E-state index in [1.54, 1.807) is 24.4 Å². The highest BCUT2D eigenvalue weighted by atomic mass is 16.2. The zero-order valence-electron chi connectivity index (χ0n) is 14.1. The Balaban J connectivity index is 1.46. The van der Waals surface area contributed by atoms with E-state index in [0.717, 1.165) is 18.7 Å². The molecule has 25 heavy (non-hydrogen) atoms. The van der Waals surface area contributed by atoms with E-state index >= 15 is 0 Å². The third-order valence-electron chi connectivity index (χ3n) is 3.97. The van der Waals surface area contributed by atoms with Gasteiger partial charge in [-0.15, -0.1) is 5.10 Å². The SMILES string of the molecule is CN(CCCNC(=O)Cn1nc2ccccn2c1=O)c1ccccc1. The van der Waals surface area contributed by atoms with Crippen LogP contribution in [0.5, 0.6) is 0 Å². The van der Waals surface area contributed by atoms with Gasteiger partial charge in [0.25, 0.3) is 0 Å². The maximum atomic E-state index is 12.1. The number of hydrogen-bond acceptors (Lipinski definition) is 4. The number of fused-ring (bicyclic) bond motifs is 1. The molecule has 0 saturated carbocycles. The van der Waals surface area contributed by atoms with Crippen LogP contribution >= 0.6 is 0 Å². The molecule has 0 unspecified atom stereocenters. The van der Waals surface area contributed by atoms with Crippen LogP contribution in [0.4, 0.5) is 5.69 Å². The van der Waals surface area contributed by atoms with Gasteiger partial charge < -0.3 is 10.2 Å². The van der Waals surface area contributed by atoms with Gasteiger partial charge in [0.1, 0.15) is 6.54 Å². The molecule has 7 heteroatoms. The van der Waals surface area contributed by atoms with Gasteiger partial charge in [0.15, 0.2) is 5.65 Å². The van der Waals surface area contributed by atoms with Crippen LogP contribution in [0.15, 0.2) is 59.5 Å². The molecule has 0 bridgehead atoms. The summed E-state index contributed by atoms with van der Waals surface area (Å²) in [6.45, 7) is 1.31. The van der Waals surface area contributed by atoms with Crippen LogP contribution in [-0.2, 0) is 11.3 Å². The van der Waals surface area contributed by atoms with Gasteiger partial charge in [0.2, 0.25) is 5.91 Å². The summed E-state index contributed by atoms with van der Waals surface area (Å²) in [6.07, 6.45) is 2.45. The highest BCUT2D eigenvalue weighted by molar-refractivity contribution is 5.75. The molecule has 0 saturated heterocycles. The third kappa shape index (κ3) is 4.06. The fourth-order valence-electron chi connectivity index (χ4n) is 2.62. The van der Waals surface area contributed by atoms with Gasteiger partial charge in [0.05, 0.1) is 0 Å². The molecule has 7 nitrogen and oxygen atoms in total. The van der Waals surface area contributed by atoms with Crippen molar-refractivity contribution in [2.45, 2.75) is 13.0 Å². The number of para-hydroxylation sites is 1. The van der Waals surface area contributed by atoms with E-state index in [1.165, 1.54) is 9.08 Å². The predicted molar refractivity (Wildman–Crippen MR) is 96.8 cm³/mol. The summed E-state index contributed by atoms with van der Waals surface area (Å²) in [7, 11) is 2.02. The average molecular weight is 339 g/mol. The van der Waals surface area contributed by atoms with E-state index in [1.807, 2.05) is 25.2 Å². The number of hydrogen-bond donors (Lipinski definition) is 1. The van der Waals surface area contributed by atoms with Crippen LogP contribution in [0.3, 0.4) is 0 Å². The van der Waals surface area contributed by atoms with E-state index in [0.29, 0.717) is 12.2 Å². The molecule has 0 aliphatic rings. The van der Waals surface area contributed by atoms with E-state index in [4.69, 9.17) is 0 Å². The normalized spacial score (nSPS) is 10.8. The molecule has 0 aliphatic carbocycles. The van der Waals surface area contributed by atoms with Gasteiger partial charge in [0, 0.05) is 32.0 Å². The molecule has 3 aromatic rings. The van der Waals surface area contributed by atoms with E-state index in [9.17, 15) is 9.59 Å². The maximum absolute atomic E-state index is 12.1. The van der Waals surface area contributed by atoms with Crippen molar-refractivity contribution in [3.63, 3.8) is 0 Å². The molecule has 1 amide bonds. The molecule has 0 spiro atoms. The van der Waals surface area contributed by atoms with Crippen molar-refractivity contribution in [1.82, 2.24) is 19.5 Å². The van der Waals surface area contributed by atoms with Gasteiger partial charge in [-0.05, 0) is 30.7 Å². The smallest absolute Gasteiger partial charge is 0.350 e. The predicted octanol–water partition coefficient (Wildman–Crippen LogP) is 1.14. The fraction of sp³-hybridized carbons (Fsp3) is 0.278. The van der Waals surface area contributed by atoms with Crippen molar-refractivity contribution in [3.05, 3.63) is 65.2 Å². The van der Waals surface area contributed by atoms with E-state index in [2.05, 4.69) is 27.4 Å². The zero-order chi connectivity index (χ0) is 17.6. The molecule has 2 aromatic heterocycles. The maximum Gasteiger partial charge on any atom is 0.350 e. The van der Waals surface area contributed by atoms with Gasteiger partial charge >= 0.3 is 5.69 Å². The van der Waals surface area contributed by atoms with Crippen LogP contribution in [0.1, 0.15) is 6.42 Å².